The zero-order valence-corrected chi connectivity index (χ0v) is 21.7. The average Bonchev–Trinajstić information content (AvgIpc) is 2.91. The molecular weight excluding hydrogens is 493 g/mol. The minimum atomic E-state index is -4.47. The lowest BCUT2D eigenvalue weighted by atomic mass is 9.98. The molecule has 7 nitrogen and oxygen atoms in total. The van der Waals surface area contributed by atoms with Crippen LogP contribution in [0.2, 0.25) is 0 Å². The van der Waals surface area contributed by atoms with Gasteiger partial charge in [-0.05, 0) is 81.0 Å². The molecule has 2 N–H and O–H groups in total. The Morgan fingerprint density at radius 3 is 2.53 bits per heavy atom. The summed E-state index contributed by atoms with van der Waals surface area (Å²) in [7, 11) is 0. The van der Waals surface area contributed by atoms with Gasteiger partial charge in [-0.15, -0.1) is 0 Å². The van der Waals surface area contributed by atoms with Crippen molar-refractivity contribution in [3.63, 3.8) is 0 Å². The third-order valence-electron chi connectivity index (χ3n) is 7.38. The van der Waals surface area contributed by atoms with Crippen LogP contribution in [0.3, 0.4) is 0 Å². The number of amides is 1. The molecule has 202 valence electrons. The van der Waals surface area contributed by atoms with Crippen LogP contribution in [-0.4, -0.2) is 50.9 Å². The number of hydrogen-bond donors (Lipinski definition) is 1. The molecule has 0 radical (unpaired) electrons. The molecule has 3 aromatic rings. The molecule has 0 unspecified atom stereocenters. The SMILES string of the molecule is Cc1ccncc1CN(c1ccc(C(F)(F)F)nc1)C1CCN([C@H](C)CCc2ncccc2C(N)=O)CC1. The van der Waals surface area contributed by atoms with E-state index in [2.05, 4.69) is 31.7 Å². The van der Waals surface area contributed by atoms with Crippen LogP contribution in [0, 0.1) is 6.92 Å². The second-order valence-electron chi connectivity index (χ2n) is 9.85. The maximum atomic E-state index is 13.1. The summed E-state index contributed by atoms with van der Waals surface area (Å²) in [5, 5.41) is 0. The van der Waals surface area contributed by atoms with Gasteiger partial charge < -0.3 is 15.5 Å². The molecular formula is C28H33F3N6O. The van der Waals surface area contributed by atoms with Crippen LogP contribution < -0.4 is 10.6 Å². The molecule has 4 heterocycles. The molecule has 1 amide bonds. The second-order valence-corrected chi connectivity index (χ2v) is 9.85. The number of nitrogens with zero attached hydrogens (tertiary/aromatic N) is 5. The lowest BCUT2D eigenvalue weighted by molar-refractivity contribution is -0.141. The fourth-order valence-electron chi connectivity index (χ4n) is 5.03. The number of hydrogen-bond acceptors (Lipinski definition) is 6. The Kier molecular flexibility index (Phi) is 8.61. The number of rotatable bonds is 9. The van der Waals surface area contributed by atoms with E-state index in [-0.39, 0.29) is 12.1 Å². The normalized spacial score (nSPS) is 15.8. The van der Waals surface area contributed by atoms with E-state index in [1.54, 1.807) is 24.5 Å². The van der Waals surface area contributed by atoms with Crippen molar-refractivity contribution >= 4 is 11.6 Å². The summed E-state index contributed by atoms with van der Waals surface area (Å²) >= 11 is 0. The summed E-state index contributed by atoms with van der Waals surface area (Å²) in [5.41, 5.74) is 8.56. The van der Waals surface area contributed by atoms with Gasteiger partial charge in [0, 0.05) is 50.3 Å². The molecule has 4 rings (SSSR count). The van der Waals surface area contributed by atoms with Gasteiger partial charge in [-0.1, -0.05) is 0 Å². The number of carbonyl (C=O) groups excluding carboxylic acids is 1. The molecule has 0 bridgehead atoms. The van der Waals surface area contributed by atoms with Crippen LogP contribution in [0.1, 0.15) is 59.1 Å². The van der Waals surface area contributed by atoms with Gasteiger partial charge in [-0.3, -0.25) is 14.8 Å². The molecule has 0 aliphatic carbocycles. The fraction of sp³-hybridized carbons (Fsp3) is 0.429. The maximum absolute atomic E-state index is 13.1. The van der Waals surface area contributed by atoms with Crippen molar-refractivity contribution in [1.29, 1.82) is 0 Å². The van der Waals surface area contributed by atoms with Gasteiger partial charge in [-0.25, -0.2) is 4.98 Å². The largest absolute Gasteiger partial charge is 0.433 e. The van der Waals surface area contributed by atoms with Crippen LogP contribution in [0.25, 0.3) is 0 Å². The Labute approximate surface area is 220 Å². The van der Waals surface area contributed by atoms with Crippen LogP contribution >= 0.6 is 0 Å². The van der Waals surface area contributed by atoms with Crippen molar-refractivity contribution in [2.24, 2.45) is 5.73 Å². The molecule has 1 aliphatic rings. The Morgan fingerprint density at radius 2 is 1.89 bits per heavy atom. The van der Waals surface area contributed by atoms with Crippen molar-refractivity contribution in [1.82, 2.24) is 19.9 Å². The number of pyridine rings is 3. The highest BCUT2D eigenvalue weighted by atomic mass is 19.4. The molecule has 1 fully saturated rings. The number of nitrogens with two attached hydrogens (primary N) is 1. The van der Waals surface area contributed by atoms with Crippen LogP contribution in [0.4, 0.5) is 18.9 Å². The molecule has 38 heavy (non-hydrogen) atoms. The number of halogens is 3. The highest BCUT2D eigenvalue weighted by molar-refractivity contribution is 5.93. The second kappa shape index (κ2) is 11.9. The number of aryl methyl sites for hydroxylation is 2. The first-order valence-corrected chi connectivity index (χ1v) is 12.8. The average molecular weight is 527 g/mol. The Morgan fingerprint density at radius 1 is 1.13 bits per heavy atom. The number of anilines is 1. The van der Waals surface area contributed by atoms with E-state index in [9.17, 15) is 18.0 Å². The third kappa shape index (κ3) is 6.66. The first-order chi connectivity index (χ1) is 18.1. The lowest BCUT2D eigenvalue weighted by Crippen LogP contribution is -2.47. The number of primary amides is 1. The van der Waals surface area contributed by atoms with Gasteiger partial charge in [-0.2, -0.15) is 13.2 Å². The highest BCUT2D eigenvalue weighted by Gasteiger charge is 2.33. The van der Waals surface area contributed by atoms with Gasteiger partial charge in [0.2, 0.25) is 0 Å². The first kappa shape index (κ1) is 27.5. The van der Waals surface area contributed by atoms with Crippen molar-refractivity contribution < 1.29 is 18.0 Å². The first-order valence-electron chi connectivity index (χ1n) is 12.8. The Balaban J connectivity index is 1.44. The number of aromatic nitrogens is 3. The topological polar surface area (TPSA) is 88.2 Å². The molecule has 3 aromatic heterocycles. The number of likely N-dealkylation sites (tertiary alicyclic amines) is 1. The summed E-state index contributed by atoms with van der Waals surface area (Å²) in [6, 6.07) is 8.34. The van der Waals surface area contributed by atoms with Gasteiger partial charge >= 0.3 is 6.18 Å². The summed E-state index contributed by atoms with van der Waals surface area (Å²) < 4.78 is 39.3. The zero-order valence-electron chi connectivity index (χ0n) is 21.7. The van der Waals surface area contributed by atoms with E-state index < -0.39 is 17.8 Å². The number of carbonyl (C=O) groups is 1. The van der Waals surface area contributed by atoms with E-state index >= 15 is 0 Å². The van der Waals surface area contributed by atoms with E-state index in [4.69, 9.17) is 5.73 Å². The van der Waals surface area contributed by atoms with Crippen molar-refractivity contribution in [2.45, 2.75) is 64.3 Å². The fourth-order valence-corrected chi connectivity index (χ4v) is 5.03. The van der Waals surface area contributed by atoms with E-state index in [1.807, 2.05) is 19.2 Å². The van der Waals surface area contributed by atoms with Crippen molar-refractivity contribution in [2.75, 3.05) is 18.0 Å². The van der Waals surface area contributed by atoms with E-state index in [0.29, 0.717) is 24.2 Å². The molecule has 10 heteroatoms. The smallest absolute Gasteiger partial charge is 0.366 e. The van der Waals surface area contributed by atoms with Crippen molar-refractivity contribution in [3.05, 3.63) is 83.2 Å². The minimum absolute atomic E-state index is 0.147. The number of piperidine rings is 1. The van der Waals surface area contributed by atoms with Gasteiger partial charge in [0.1, 0.15) is 5.69 Å². The standard InChI is InChI=1S/C28H33F3N6O/c1-19-9-13-33-16-21(19)18-37(23-6-8-26(35-17-23)28(29,30)31)22-10-14-36(15-11-22)20(2)5-7-25-24(27(32)38)4-3-12-34-25/h3-4,6,8-9,12-13,16-17,20,22H,5,7,10-11,14-15,18H2,1-2H3,(H2,32,38)/t20-/m1/s1. The predicted octanol–water partition coefficient (Wildman–Crippen LogP) is 4.79. The van der Waals surface area contributed by atoms with Crippen LogP contribution in [0.15, 0.2) is 55.1 Å². The minimum Gasteiger partial charge on any atom is -0.366 e. The highest BCUT2D eigenvalue weighted by Crippen LogP contribution is 2.31. The molecule has 1 atom stereocenters. The van der Waals surface area contributed by atoms with Crippen LogP contribution in [0.5, 0.6) is 0 Å². The molecule has 0 saturated carbocycles. The summed E-state index contributed by atoms with van der Waals surface area (Å²) in [5.74, 6) is -0.469. The third-order valence-corrected chi connectivity index (χ3v) is 7.38. The molecule has 1 aliphatic heterocycles. The van der Waals surface area contributed by atoms with Gasteiger partial charge in [0.05, 0.1) is 23.1 Å². The Bertz CT molecular complexity index is 1230. The monoisotopic (exact) mass is 526 g/mol. The molecule has 0 aromatic carbocycles. The lowest BCUT2D eigenvalue weighted by Gasteiger charge is -2.42. The molecule has 0 spiro atoms. The quantitative estimate of drug-likeness (QED) is 0.431. The summed E-state index contributed by atoms with van der Waals surface area (Å²) in [6.45, 7) is 6.43. The predicted molar refractivity (Wildman–Crippen MR) is 140 cm³/mol. The van der Waals surface area contributed by atoms with Crippen LogP contribution in [-0.2, 0) is 19.1 Å². The Hall–Kier alpha value is -3.53. The van der Waals surface area contributed by atoms with Gasteiger partial charge in [0.15, 0.2) is 0 Å². The summed E-state index contributed by atoms with van der Waals surface area (Å²) in [6.07, 6.45) is 5.29. The molecule has 1 saturated heterocycles. The maximum Gasteiger partial charge on any atom is 0.433 e. The van der Waals surface area contributed by atoms with Gasteiger partial charge in [0.25, 0.3) is 5.91 Å². The zero-order chi connectivity index (χ0) is 27.3. The number of alkyl halides is 3. The van der Waals surface area contributed by atoms with E-state index in [0.717, 1.165) is 55.2 Å². The van der Waals surface area contributed by atoms with Crippen molar-refractivity contribution in [3.8, 4) is 0 Å². The summed E-state index contributed by atoms with van der Waals surface area (Å²) in [4.78, 5) is 28.6. The van der Waals surface area contributed by atoms with E-state index in [1.165, 1.54) is 12.3 Å².